The maximum Gasteiger partial charge on any atom is 0.140 e. The summed E-state index contributed by atoms with van der Waals surface area (Å²) in [6.45, 7) is 3.17. The first-order valence-electron chi connectivity index (χ1n) is 8.32. The van der Waals surface area contributed by atoms with Gasteiger partial charge in [-0.05, 0) is 46.6 Å². The van der Waals surface area contributed by atoms with Crippen LogP contribution in [0.3, 0.4) is 0 Å². The van der Waals surface area contributed by atoms with Gasteiger partial charge in [-0.15, -0.1) is 0 Å². The van der Waals surface area contributed by atoms with E-state index in [1.165, 1.54) is 5.56 Å². The predicted molar refractivity (Wildman–Crippen MR) is 106 cm³/mol. The van der Waals surface area contributed by atoms with Crippen molar-refractivity contribution in [1.82, 2.24) is 14.4 Å². The van der Waals surface area contributed by atoms with E-state index in [2.05, 4.69) is 40.0 Å². The lowest BCUT2D eigenvalue weighted by atomic mass is 10.1. The summed E-state index contributed by atoms with van der Waals surface area (Å²) in [5.74, 6) is 0.775. The minimum Gasteiger partial charge on any atom is -0.491 e. The summed E-state index contributed by atoms with van der Waals surface area (Å²) in [4.78, 5) is 9.37. The summed E-state index contributed by atoms with van der Waals surface area (Å²) >= 11 is 3.61. The quantitative estimate of drug-likeness (QED) is 0.448. The molecule has 0 saturated heterocycles. The standard InChI is InChI=1S/C20H18BrN3O2/c1-13-10-17(23-20-15(13)4-3-5-16(20)21)18-12-22-19-11-14(6-7-24(18)19)26-9-8-25-2/h3-7,10-12H,8-9H2,1-2H3. The van der Waals surface area contributed by atoms with Crippen molar-refractivity contribution in [2.75, 3.05) is 20.3 Å². The molecule has 4 aromatic rings. The number of rotatable bonds is 5. The molecule has 3 heterocycles. The number of ether oxygens (including phenoxy) is 2. The van der Waals surface area contributed by atoms with E-state index in [-0.39, 0.29) is 0 Å². The highest BCUT2D eigenvalue weighted by Gasteiger charge is 2.12. The zero-order valence-electron chi connectivity index (χ0n) is 14.6. The second-order valence-corrected chi connectivity index (χ2v) is 6.89. The Morgan fingerprint density at radius 2 is 2.04 bits per heavy atom. The fraction of sp³-hybridized carbons (Fsp3) is 0.200. The van der Waals surface area contributed by atoms with Crippen LogP contribution < -0.4 is 4.74 Å². The number of nitrogens with zero attached hydrogens (tertiary/aromatic N) is 3. The number of methoxy groups -OCH3 is 1. The molecule has 0 N–H and O–H groups in total. The van der Waals surface area contributed by atoms with Crippen LogP contribution in [0.25, 0.3) is 27.9 Å². The molecule has 0 spiro atoms. The van der Waals surface area contributed by atoms with Gasteiger partial charge in [0.1, 0.15) is 18.0 Å². The Balaban J connectivity index is 1.77. The number of hydrogen-bond acceptors (Lipinski definition) is 4. The molecule has 4 rings (SSSR count). The fourth-order valence-electron chi connectivity index (χ4n) is 3.00. The topological polar surface area (TPSA) is 48.7 Å². The summed E-state index contributed by atoms with van der Waals surface area (Å²) in [7, 11) is 1.66. The lowest BCUT2D eigenvalue weighted by molar-refractivity contribution is 0.146. The number of imidazole rings is 1. The molecule has 0 aliphatic heterocycles. The van der Waals surface area contributed by atoms with Gasteiger partial charge in [0.25, 0.3) is 0 Å². The Morgan fingerprint density at radius 3 is 2.88 bits per heavy atom. The van der Waals surface area contributed by atoms with Gasteiger partial charge in [-0.25, -0.2) is 9.97 Å². The largest absolute Gasteiger partial charge is 0.491 e. The number of aryl methyl sites for hydroxylation is 1. The third-order valence-electron chi connectivity index (χ3n) is 4.30. The van der Waals surface area contributed by atoms with Crippen molar-refractivity contribution in [2.24, 2.45) is 0 Å². The summed E-state index contributed by atoms with van der Waals surface area (Å²) in [5, 5.41) is 1.14. The van der Waals surface area contributed by atoms with Gasteiger partial charge in [0, 0.05) is 29.2 Å². The summed E-state index contributed by atoms with van der Waals surface area (Å²) < 4.78 is 13.7. The molecular weight excluding hydrogens is 394 g/mol. The summed E-state index contributed by atoms with van der Waals surface area (Å²) in [6, 6.07) is 12.1. The Kier molecular flexibility index (Phi) is 4.61. The van der Waals surface area contributed by atoms with Crippen LogP contribution in [0.4, 0.5) is 0 Å². The molecular formula is C20H18BrN3O2. The smallest absolute Gasteiger partial charge is 0.140 e. The van der Waals surface area contributed by atoms with E-state index < -0.39 is 0 Å². The van der Waals surface area contributed by atoms with Crippen molar-refractivity contribution in [3.8, 4) is 17.1 Å². The summed E-state index contributed by atoms with van der Waals surface area (Å²) in [5.41, 5.74) is 4.80. The lowest BCUT2D eigenvalue weighted by Gasteiger charge is -2.09. The SMILES string of the molecule is COCCOc1ccn2c(-c3cc(C)c4cccc(Br)c4n3)cnc2c1. The van der Waals surface area contributed by atoms with Crippen molar-refractivity contribution in [2.45, 2.75) is 6.92 Å². The average Bonchev–Trinajstić information content (AvgIpc) is 3.06. The molecule has 0 bridgehead atoms. The zero-order valence-corrected chi connectivity index (χ0v) is 16.2. The molecule has 0 aliphatic carbocycles. The molecule has 0 aliphatic rings. The van der Waals surface area contributed by atoms with E-state index in [4.69, 9.17) is 14.5 Å². The van der Waals surface area contributed by atoms with E-state index in [1.54, 1.807) is 7.11 Å². The van der Waals surface area contributed by atoms with Crippen LogP contribution in [0.1, 0.15) is 5.56 Å². The third kappa shape index (κ3) is 3.06. The second kappa shape index (κ2) is 7.05. The number of fused-ring (bicyclic) bond motifs is 2. The minimum atomic E-state index is 0.514. The van der Waals surface area contributed by atoms with Crippen molar-refractivity contribution in [1.29, 1.82) is 0 Å². The molecule has 1 aromatic carbocycles. The number of pyridine rings is 2. The second-order valence-electron chi connectivity index (χ2n) is 6.04. The molecule has 0 fully saturated rings. The molecule has 0 atom stereocenters. The number of para-hydroxylation sites is 1. The van der Waals surface area contributed by atoms with Gasteiger partial charge in [-0.3, -0.25) is 4.40 Å². The van der Waals surface area contributed by atoms with Crippen LogP contribution in [0.15, 0.2) is 53.3 Å². The Labute approximate surface area is 159 Å². The van der Waals surface area contributed by atoms with E-state index in [0.29, 0.717) is 13.2 Å². The van der Waals surface area contributed by atoms with E-state index >= 15 is 0 Å². The van der Waals surface area contributed by atoms with Gasteiger partial charge >= 0.3 is 0 Å². The highest BCUT2D eigenvalue weighted by atomic mass is 79.9. The van der Waals surface area contributed by atoms with Gasteiger partial charge in [-0.1, -0.05) is 12.1 Å². The Hall–Kier alpha value is -2.44. The molecule has 0 unspecified atom stereocenters. The molecule has 5 nitrogen and oxygen atoms in total. The highest BCUT2D eigenvalue weighted by Crippen LogP contribution is 2.29. The first-order chi connectivity index (χ1) is 12.7. The van der Waals surface area contributed by atoms with Gasteiger partial charge in [-0.2, -0.15) is 0 Å². The Bertz CT molecular complexity index is 1090. The van der Waals surface area contributed by atoms with Gasteiger partial charge in [0.2, 0.25) is 0 Å². The van der Waals surface area contributed by atoms with Crippen LogP contribution in [0, 0.1) is 6.92 Å². The van der Waals surface area contributed by atoms with E-state index in [1.807, 2.05) is 41.1 Å². The minimum absolute atomic E-state index is 0.514. The first kappa shape index (κ1) is 17.0. The molecule has 3 aromatic heterocycles. The molecule has 0 saturated carbocycles. The maximum absolute atomic E-state index is 5.66. The molecule has 0 radical (unpaired) electrons. The molecule has 6 heteroatoms. The van der Waals surface area contributed by atoms with Crippen LogP contribution in [-0.4, -0.2) is 34.7 Å². The number of benzene rings is 1. The zero-order chi connectivity index (χ0) is 18.1. The molecule has 132 valence electrons. The Morgan fingerprint density at radius 1 is 1.15 bits per heavy atom. The monoisotopic (exact) mass is 411 g/mol. The van der Waals surface area contributed by atoms with Crippen LogP contribution in [0.5, 0.6) is 5.75 Å². The molecule has 26 heavy (non-hydrogen) atoms. The van der Waals surface area contributed by atoms with Crippen molar-refractivity contribution in [3.63, 3.8) is 0 Å². The molecule has 0 amide bonds. The van der Waals surface area contributed by atoms with Crippen LogP contribution in [0.2, 0.25) is 0 Å². The summed E-state index contributed by atoms with van der Waals surface area (Å²) in [6.07, 6.45) is 3.81. The number of hydrogen-bond donors (Lipinski definition) is 0. The van der Waals surface area contributed by atoms with Gasteiger partial charge < -0.3 is 9.47 Å². The fourth-order valence-corrected chi connectivity index (χ4v) is 3.45. The van der Waals surface area contributed by atoms with Crippen LogP contribution >= 0.6 is 15.9 Å². The van der Waals surface area contributed by atoms with Gasteiger partial charge in [0.05, 0.1) is 29.7 Å². The average molecular weight is 412 g/mol. The van der Waals surface area contributed by atoms with Crippen molar-refractivity contribution < 1.29 is 9.47 Å². The van der Waals surface area contributed by atoms with E-state index in [9.17, 15) is 0 Å². The maximum atomic E-state index is 5.66. The van der Waals surface area contributed by atoms with Gasteiger partial charge in [0.15, 0.2) is 0 Å². The normalized spacial score (nSPS) is 11.3. The van der Waals surface area contributed by atoms with Crippen molar-refractivity contribution >= 4 is 32.5 Å². The first-order valence-corrected chi connectivity index (χ1v) is 9.12. The predicted octanol–water partition coefficient (Wildman–Crippen LogP) is 4.65. The lowest BCUT2D eigenvalue weighted by Crippen LogP contribution is -2.04. The third-order valence-corrected chi connectivity index (χ3v) is 4.94. The van der Waals surface area contributed by atoms with E-state index in [0.717, 1.165) is 38.2 Å². The van der Waals surface area contributed by atoms with Crippen molar-refractivity contribution in [3.05, 3.63) is 58.8 Å². The number of aromatic nitrogens is 3. The van der Waals surface area contributed by atoms with Crippen LogP contribution in [-0.2, 0) is 4.74 Å². The number of halogens is 1. The highest BCUT2D eigenvalue weighted by molar-refractivity contribution is 9.10.